The zero-order valence-corrected chi connectivity index (χ0v) is 12.8. The number of hydrogen-bond donors (Lipinski definition) is 2. The molecule has 0 bridgehead atoms. The molecule has 0 aliphatic heterocycles. The van der Waals surface area contributed by atoms with Gasteiger partial charge in [0.2, 0.25) is 10.0 Å². The van der Waals surface area contributed by atoms with Crippen molar-refractivity contribution in [1.29, 1.82) is 0 Å². The van der Waals surface area contributed by atoms with Crippen molar-refractivity contribution < 1.29 is 8.42 Å². The van der Waals surface area contributed by atoms with Gasteiger partial charge in [0.1, 0.15) is 0 Å². The highest BCUT2D eigenvalue weighted by Gasteiger charge is 2.19. The fraction of sp³-hybridized carbons (Fsp3) is 0.667. The van der Waals surface area contributed by atoms with E-state index >= 15 is 0 Å². The minimum Gasteiger partial charge on any atom is -0.326 e. The molecule has 18 heavy (non-hydrogen) atoms. The highest BCUT2D eigenvalue weighted by atomic mass is 32.2. The molecule has 0 aromatic carbocycles. The number of sulfonamides is 1. The molecule has 0 spiro atoms. The number of hydrogen-bond acceptors (Lipinski definition) is 4. The largest absolute Gasteiger partial charge is 0.326 e. The molecule has 1 rings (SSSR count). The summed E-state index contributed by atoms with van der Waals surface area (Å²) in [6.07, 6.45) is 1.91. The summed E-state index contributed by atoms with van der Waals surface area (Å²) in [4.78, 5) is 1.20. The van der Waals surface area contributed by atoms with Crippen LogP contribution in [0.2, 0.25) is 0 Å². The van der Waals surface area contributed by atoms with Crippen molar-refractivity contribution in [3.8, 4) is 0 Å². The molecule has 4 nitrogen and oxygen atoms in total. The monoisotopic (exact) mass is 290 g/mol. The summed E-state index contributed by atoms with van der Waals surface area (Å²) < 4.78 is 26.9. The molecule has 6 heteroatoms. The summed E-state index contributed by atoms with van der Waals surface area (Å²) in [5, 5.41) is 1.64. The maximum atomic E-state index is 12.1. The van der Waals surface area contributed by atoms with E-state index in [1.54, 1.807) is 11.4 Å². The normalized spacial score (nSPS) is 15.6. The second kappa shape index (κ2) is 6.65. The van der Waals surface area contributed by atoms with E-state index in [1.165, 1.54) is 11.3 Å². The van der Waals surface area contributed by atoms with Crippen molar-refractivity contribution in [2.45, 2.75) is 51.1 Å². The molecular weight excluding hydrogens is 268 g/mol. The van der Waals surface area contributed by atoms with Crippen molar-refractivity contribution >= 4 is 21.4 Å². The molecule has 1 aromatic rings. The molecule has 3 N–H and O–H groups in total. The standard InChI is InChI=1S/C12H22N2O2S2/c1-4-9(2)5-10(3)14-18(15,16)12-6-11(7-13)17-8-12/h6,8-10,14H,4-5,7,13H2,1-3H3. The molecule has 0 saturated heterocycles. The lowest BCUT2D eigenvalue weighted by Gasteiger charge is -2.17. The molecule has 0 fully saturated rings. The van der Waals surface area contributed by atoms with Crippen LogP contribution in [0.4, 0.5) is 0 Å². The number of rotatable bonds is 7. The van der Waals surface area contributed by atoms with Crippen LogP contribution >= 0.6 is 11.3 Å². The molecule has 2 unspecified atom stereocenters. The van der Waals surface area contributed by atoms with Crippen LogP contribution in [0.1, 0.15) is 38.5 Å². The first-order chi connectivity index (χ1) is 8.39. The van der Waals surface area contributed by atoms with Gasteiger partial charge in [0.05, 0.1) is 4.90 Å². The third-order valence-corrected chi connectivity index (χ3v) is 5.63. The molecule has 0 aliphatic carbocycles. The Bertz CT molecular complexity index is 468. The minimum absolute atomic E-state index is 0.0498. The van der Waals surface area contributed by atoms with E-state index in [0.29, 0.717) is 17.4 Å². The molecule has 104 valence electrons. The van der Waals surface area contributed by atoms with Gasteiger partial charge in [-0.2, -0.15) is 0 Å². The van der Waals surface area contributed by atoms with Gasteiger partial charge in [-0.15, -0.1) is 11.3 Å². The van der Waals surface area contributed by atoms with Crippen molar-refractivity contribution in [2.24, 2.45) is 11.7 Å². The molecule has 1 aromatic heterocycles. The Morgan fingerprint density at radius 3 is 2.61 bits per heavy atom. The molecule has 2 atom stereocenters. The third-order valence-electron chi connectivity index (χ3n) is 2.95. The summed E-state index contributed by atoms with van der Waals surface area (Å²) in [5.74, 6) is 0.518. The maximum absolute atomic E-state index is 12.1. The molecule has 0 saturated carbocycles. The van der Waals surface area contributed by atoms with Crippen molar-refractivity contribution in [3.63, 3.8) is 0 Å². The summed E-state index contributed by atoms with van der Waals surface area (Å²) in [6.45, 7) is 6.52. The van der Waals surface area contributed by atoms with Crippen LogP contribution in [-0.2, 0) is 16.6 Å². The molecule has 1 heterocycles. The fourth-order valence-corrected chi connectivity index (χ4v) is 4.17. The number of thiophene rings is 1. The van der Waals surface area contributed by atoms with Crippen molar-refractivity contribution in [2.75, 3.05) is 0 Å². The van der Waals surface area contributed by atoms with E-state index in [9.17, 15) is 8.42 Å². The molecule has 0 radical (unpaired) electrons. The van der Waals surface area contributed by atoms with Gasteiger partial charge in [0, 0.05) is 22.8 Å². The van der Waals surface area contributed by atoms with E-state index in [2.05, 4.69) is 18.6 Å². The lowest BCUT2D eigenvalue weighted by atomic mass is 10.0. The zero-order valence-electron chi connectivity index (χ0n) is 11.1. The highest BCUT2D eigenvalue weighted by molar-refractivity contribution is 7.89. The first-order valence-electron chi connectivity index (χ1n) is 6.18. The van der Waals surface area contributed by atoms with E-state index in [0.717, 1.165) is 17.7 Å². The fourth-order valence-electron chi connectivity index (χ4n) is 1.76. The van der Waals surface area contributed by atoms with Gasteiger partial charge >= 0.3 is 0 Å². The summed E-state index contributed by atoms with van der Waals surface area (Å²) in [6, 6.07) is 1.59. The predicted octanol–water partition coefficient (Wildman–Crippen LogP) is 2.31. The Kier molecular flexibility index (Phi) is 5.78. The lowest BCUT2D eigenvalue weighted by molar-refractivity contribution is 0.445. The topological polar surface area (TPSA) is 72.2 Å². The zero-order chi connectivity index (χ0) is 13.8. The van der Waals surface area contributed by atoms with Crippen molar-refractivity contribution in [3.05, 3.63) is 16.3 Å². The number of nitrogens with one attached hydrogen (secondary N) is 1. The Hall–Kier alpha value is -0.430. The summed E-state index contributed by atoms with van der Waals surface area (Å²) in [5.41, 5.74) is 5.49. The SMILES string of the molecule is CCC(C)CC(C)NS(=O)(=O)c1csc(CN)c1. The minimum atomic E-state index is -3.40. The second-order valence-corrected chi connectivity index (χ2v) is 7.43. The van der Waals surface area contributed by atoms with Crippen molar-refractivity contribution in [1.82, 2.24) is 4.72 Å². The van der Waals surface area contributed by atoms with E-state index in [4.69, 9.17) is 5.73 Å². The number of nitrogens with two attached hydrogens (primary N) is 1. The van der Waals surface area contributed by atoms with E-state index in [1.807, 2.05) is 6.92 Å². The van der Waals surface area contributed by atoms with Gasteiger partial charge in [0.15, 0.2) is 0 Å². The quantitative estimate of drug-likeness (QED) is 0.809. The van der Waals surface area contributed by atoms with Crippen LogP contribution in [0.15, 0.2) is 16.3 Å². The lowest BCUT2D eigenvalue weighted by Crippen LogP contribution is -2.33. The first-order valence-corrected chi connectivity index (χ1v) is 8.55. The Morgan fingerprint density at radius 1 is 1.44 bits per heavy atom. The van der Waals surface area contributed by atoms with Gasteiger partial charge in [-0.05, 0) is 25.3 Å². The van der Waals surface area contributed by atoms with Gasteiger partial charge in [-0.1, -0.05) is 20.3 Å². The maximum Gasteiger partial charge on any atom is 0.241 e. The van der Waals surface area contributed by atoms with Crippen LogP contribution in [0.25, 0.3) is 0 Å². The second-order valence-electron chi connectivity index (χ2n) is 4.72. The smallest absolute Gasteiger partial charge is 0.241 e. The third kappa shape index (κ3) is 4.35. The van der Waals surface area contributed by atoms with Gasteiger partial charge < -0.3 is 5.73 Å². The molecule has 0 amide bonds. The van der Waals surface area contributed by atoms with Crippen LogP contribution in [-0.4, -0.2) is 14.5 Å². The Labute approximate surface area is 114 Å². The van der Waals surface area contributed by atoms with Gasteiger partial charge in [-0.25, -0.2) is 13.1 Å². The van der Waals surface area contributed by atoms with E-state index in [-0.39, 0.29) is 6.04 Å². The first kappa shape index (κ1) is 15.6. The average Bonchev–Trinajstić information content (AvgIpc) is 2.77. The van der Waals surface area contributed by atoms with Crippen LogP contribution < -0.4 is 10.5 Å². The molecule has 0 aliphatic rings. The van der Waals surface area contributed by atoms with Crippen LogP contribution in [0.5, 0.6) is 0 Å². The van der Waals surface area contributed by atoms with Gasteiger partial charge in [-0.3, -0.25) is 0 Å². The van der Waals surface area contributed by atoms with Crippen LogP contribution in [0, 0.1) is 5.92 Å². The summed E-state index contributed by atoms with van der Waals surface area (Å²) in [7, 11) is -3.40. The van der Waals surface area contributed by atoms with Gasteiger partial charge in [0.25, 0.3) is 0 Å². The Morgan fingerprint density at radius 2 is 2.11 bits per heavy atom. The average molecular weight is 290 g/mol. The summed E-state index contributed by atoms with van der Waals surface area (Å²) >= 11 is 1.38. The highest BCUT2D eigenvalue weighted by Crippen LogP contribution is 2.19. The van der Waals surface area contributed by atoms with Crippen LogP contribution in [0.3, 0.4) is 0 Å². The Balaban J connectivity index is 2.69. The van der Waals surface area contributed by atoms with E-state index < -0.39 is 10.0 Å². The predicted molar refractivity (Wildman–Crippen MR) is 76.1 cm³/mol. The molecular formula is C12H22N2O2S2.